The number of rotatable bonds is 4. The van der Waals surface area contributed by atoms with E-state index < -0.39 is 11.4 Å². The van der Waals surface area contributed by atoms with Gasteiger partial charge in [-0.3, -0.25) is 9.59 Å². The fraction of sp³-hybridized carbons (Fsp3) is 0.500. The van der Waals surface area contributed by atoms with Crippen molar-refractivity contribution in [2.45, 2.75) is 44.4 Å². The van der Waals surface area contributed by atoms with Crippen LogP contribution in [0.1, 0.15) is 43.2 Å². The molecule has 1 aromatic rings. The second kappa shape index (κ2) is 6.07. The molecule has 20 heavy (non-hydrogen) atoms. The summed E-state index contributed by atoms with van der Waals surface area (Å²) >= 11 is 0. The second-order valence-electron chi connectivity index (χ2n) is 5.59. The maximum atomic E-state index is 12.6. The van der Waals surface area contributed by atoms with Gasteiger partial charge in [0.2, 0.25) is 5.91 Å². The summed E-state index contributed by atoms with van der Waals surface area (Å²) in [5, 5.41) is 11.3. The monoisotopic (exact) mass is 275 g/mol. The summed E-state index contributed by atoms with van der Waals surface area (Å²) in [7, 11) is 0. The van der Waals surface area contributed by atoms with E-state index in [1.807, 2.05) is 31.2 Å². The van der Waals surface area contributed by atoms with E-state index in [1.165, 1.54) is 0 Å². The van der Waals surface area contributed by atoms with Crippen LogP contribution in [0, 0.1) is 6.92 Å². The van der Waals surface area contributed by atoms with Crippen molar-refractivity contribution in [1.82, 2.24) is 5.32 Å². The van der Waals surface area contributed by atoms with Gasteiger partial charge in [-0.05, 0) is 25.3 Å². The average Bonchev–Trinajstić information content (AvgIpc) is 2.45. The van der Waals surface area contributed by atoms with E-state index in [4.69, 9.17) is 5.11 Å². The summed E-state index contributed by atoms with van der Waals surface area (Å²) < 4.78 is 0. The highest BCUT2D eigenvalue weighted by atomic mass is 16.4. The number of carbonyl (C=O) groups is 2. The highest BCUT2D eigenvalue weighted by Crippen LogP contribution is 2.40. The lowest BCUT2D eigenvalue weighted by Gasteiger charge is -2.36. The van der Waals surface area contributed by atoms with Crippen molar-refractivity contribution >= 4 is 11.9 Å². The van der Waals surface area contributed by atoms with Crippen LogP contribution in [0.4, 0.5) is 0 Å². The Morgan fingerprint density at radius 3 is 2.55 bits per heavy atom. The van der Waals surface area contributed by atoms with Gasteiger partial charge in [-0.15, -0.1) is 0 Å². The van der Waals surface area contributed by atoms with Gasteiger partial charge in [0, 0.05) is 0 Å². The number of benzene rings is 1. The molecular formula is C16H21NO3. The Labute approximate surface area is 119 Å². The predicted octanol–water partition coefficient (Wildman–Crippen LogP) is 2.40. The Kier molecular flexibility index (Phi) is 4.42. The summed E-state index contributed by atoms with van der Waals surface area (Å²) in [5.41, 5.74) is 1.58. The fourth-order valence-electron chi connectivity index (χ4n) is 3.07. The van der Waals surface area contributed by atoms with Crippen LogP contribution in [0.2, 0.25) is 0 Å². The molecule has 4 nitrogen and oxygen atoms in total. The Morgan fingerprint density at radius 2 is 1.95 bits per heavy atom. The number of aryl methyl sites for hydroxylation is 1. The maximum absolute atomic E-state index is 12.6. The average molecular weight is 275 g/mol. The van der Waals surface area contributed by atoms with E-state index >= 15 is 0 Å². The zero-order valence-corrected chi connectivity index (χ0v) is 11.8. The molecular weight excluding hydrogens is 254 g/mol. The van der Waals surface area contributed by atoms with Crippen LogP contribution in [0.15, 0.2) is 24.3 Å². The quantitative estimate of drug-likeness (QED) is 0.886. The van der Waals surface area contributed by atoms with Crippen molar-refractivity contribution in [2.75, 3.05) is 6.54 Å². The third-order valence-electron chi connectivity index (χ3n) is 4.11. The van der Waals surface area contributed by atoms with Crippen molar-refractivity contribution < 1.29 is 14.7 Å². The van der Waals surface area contributed by atoms with Crippen molar-refractivity contribution in [2.24, 2.45) is 0 Å². The Hall–Kier alpha value is -1.84. The molecule has 1 saturated carbocycles. The van der Waals surface area contributed by atoms with E-state index in [1.54, 1.807) is 0 Å². The SMILES string of the molecule is Cc1cccc(C2(C(=O)NCC(=O)O)CCCCC2)c1. The maximum Gasteiger partial charge on any atom is 0.322 e. The van der Waals surface area contributed by atoms with E-state index in [2.05, 4.69) is 5.32 Å². The van der Waals surface area contributed by atoms with E-state index in [0.29, 0.717) is 0 Å². The van der Waals surface area contributed by atoms with Gasteiger partial charge in [0.15, 0.2) is 0 Å². The molecule has 0 heterocycles. The molecule has 1 amide bonds. The lowest BCUT2D eigenvalue weighted by Crippen LogP contribution is -2.47. The number of nitrogens with one attached hydrogen (secondary N) is 1. The minimum absolute atomic E-state index is 0.148. The highest BCUT2D eigenvalue weighted by molar-refractivity contribution is 5.90. The first-order chi connectivity index (χ1) is 9.54. The van der Waals surface area contributed by atoms with Crippen LogP contribution in [-0.4, -0.2) is 23.5 Å². The van der Waals surface area contributed by atoms with Crippen molar-refractivity contribution in [3.8, 4) is 0 Å². The van der Waals surface area contributed by atoms with Crippen molar-refractivity contribution in [3.05, 3.63) is 35.4 Å². The molecule has 0 aromatic heterocycles. The summed E-state index contributed by atoms with van der Waals surface area (Å²) in [6, 6.07) is 8.00. The first kappa shape index (κ1) is 14.6. The standard InChI is InChI=1S/C16H21NO3/c1-12-6-5-7-13(10-12)16(8-3-2-4-9-16)15(20)17-11-14(18)19/h5-7,10H,2-4,8-9,11H2,1H3,(H,17,20)(H,18,19). The third-order valence-corrected chi connectivity index (χ3v) is 4.11. The van der Waals surface area contributed by atoms with E-state index in [0.717, 1.165) is 43.2 Å². The molecule has 0 radical (unpaired) electrons. The first-order valence-electron chi connectivity index (χ1n) is 7.12. The number of hydrogen-bond acceptors (Lipinski definition) is 2. The zero-order valence-electron chi connectivity index (χ0n) is 11.8. The lowest BCUT2D eigenvalue weighted by molar-refractivity contribution is -0.139. The van der Waals surface area contributed by atoms with Gasteiger partial charge < -0.3 is 10.4 Å². The number of carboxylic acid groups (broad SMARTS) is 1. The molecule has 0 aliphatic heterocycles. The Bertz CT molecular complexity index is 504. The Morgan fingerprint density at radius 1 is 1.25 bits per heavy atom. The zero-order chi connectivity index (χ0) is 14.6. The number of hydrogen-bond donors (Lipinski definition) is 2. The molecule has 0 saturated heterocycles. The van der Waals surface area contributed by atoms with Crippen LogP contribution in [0.25, 0.3) is 0 Å². The van der Waals surface area contributed by atoms with Gasteiger partial charge in [0.05, 0.1) is 5.41 Å². The highest BCUT2D eigenvalue weighted by Gasteiger charge is 2.41. The molecule has 1 aliphatic rings. The van der Waals surface area contributed by atoms with Gasteiger partial charge >= 0.3 is 5.97 Å². The number of carbonyl (C=O) groups excluding carboxylic acids is 1. The van der Waals surface area contributed by atoms with Gasteiger partial charge in [-0.2, -0.15) is 0 Å². The molecule has 2 N–H and O–H groups in total. The minimum Gasteiger partial charge on any atom is -0.480 e. The molecule has 1 fully saturated rings. The van der Waals surface area contributed by atoms with Gasteiger partial charge in [-0.1, -0.05) is 49.1 Å². The molecule has 0 bridgehead atoms. The molecule has 0 atom stereocenters. The lowest BCUT2D eigenvalue weighted by atomic mass is 9.68. The fourth-order valence-corrected chi connectivity index (χ4v) is 3.07. The van der Waals surface area contributed by atoms with Gasteiger partial charge in [0.1, 0.15) is 6.54 Å². The van der Waals surface area contributed by atoms with Crippen molar-refractivity contribution in [1.29, 1.82) is 0 Å². The third kappa shape index (κ3) is 3.00. The molecule has 1 aliphatic carbocycles. The molecule has 0 unspecified atom stereocenters. The van der Waals surface area contributed by atoms with E-state index in [9.17, 15) is 9.59 Å². The number of aliphatic carboxylic acids is 1. The molecule has 1 aromatic carbocycles. The topological polar surface area (TPSA) is 66.4 Å². The first-order valence-corrected chi connectivity index (χ1v) is 7.12. The second-order valence-corrected chi connectivity index (χ2v) is 5.59. The molecule has 108 valence electrons. The largest absolute Gasteiger partial charge is 0.480 e. The molecule has 4 heteroatoms. The predicted molar refractivity (Wildman–Crippen MR) is 76.6 cm³/mol. The van der Waals surface area contributed by atoms with Gasteiger partial charge in [-0.25, -0.2) is 0 Å². The van der Waals surface area contributed by atoms with Crippen molar-refractivity contribution in [3.63, 3.8) is 0 Å². The normalized spacial score (nSPS) is 17.4. The van der Waals surface area contributed by atoms with Crippen LogP contribution in [0.3, 0.4) is 0 Å². The van der Waals surface area contributed by atoms with E-state index in [-0.39, 0.29) is 12.5 Å². The van der Waals surface area contributed by atoms with Crippen LogP contribution in [-0.2, 0) is 15.0 Å². The number of amides is 1. The number of carboxylic acids is 1. The smallest absolute Gasteiger partial charge is 0.322 e. The molecule has 2 rings (SSSR count). The summed E-state index contributed by atoms with van der Waals surface area (Å²) in [5.74, 6) is -1.15. The summed E-state index contributed by atoms with van der Waals surface area (Å²) in [6.07, 6.45) is 4.74. The van der Waals surface area contributed by atoms with Gasteiger partial charge in [0.25, 0.3) is 0 Å². The minimum atomic E-state index is -1.01. The van der Waals surface area contributed by atoms with Crippen LogP contribution >= 0.6 is 0 Å². The summed E-state index contributed by atoms with van der Waals surface area (Å²) in [4.78, 5) is 23.2. The van der Waals surface area contributed by atoms with Crippen LogP contribution in [0.5, 0.6) is 0 Å². The summed E-state index contributed by atoms with van der Waals surface area (Å²) in [6.45, 7) is 1.70. The Balaban J connectivity index is 2.30. The van der Waals surface area contributed by atoms with Crippen LogP contribution < -0.4 is 5.32 Å². The molecule has 0 spiro atoms.